The third-order valence-electron chi connectivity index (χ3n) is 2.61. The summed E-state index contributed by atoms with van der Waals surface area (Å²) in [6.07, 6.45) is 2.35. The fraction of sp³-hybridized carbons (Fsp3) is 0.357. The van der Waals surface area contributed by atoms with Crippen LogP contribution in [0.3, 0.4) is 0 Å². The van der Waals surface area contributed by atoms with E-state index in [0.29, 0.717) is 0 Å². The second kappa shape index (κ2) is 5.50. The van der Waals surface area contributed by atoms with Gasteiger partial charge in [0, 0.05) is 6.92 Å². The van der Waals surface area contributed by atoms with Gasteiger partial charge < -0.3 is 4.74 Å². The Morgan fingerprint density at radius 2 is 2.00 bits per heavy atom. The van der Waals surface area contributed by atoms with E-state index in [9.17, 15) is 4.79 Å². The Labute approximate surface area is 96.9 Å². The molecular formula is C14H18O2. The van der Waals surface area contributed by atoms with Crippen LogP contribution in [0.15, 0.2) is 30.0 Å². The molecule has 0 unspecified atom stereocenters. The maximum atomic E-state index is 10.7. The van der Waals surface area contributed by atoms with Gasteiger partial charge in [-0.25, -0.2) is 0 Å². The summed E-state index contributed by atoms with van der Waals surface area (Å²) in [4.78, 5) is 10.7. The van der Waals surface area contributed by atoms with Crippen LogP contribution >= 0.6 is 0 Å². The summed E-state index contributed by atoms with van der Waals surface area (Å²) in [5.74, 6) is -0.277. The van der Waals surface area contributed by atoms with E-state index in [-0.39, 0.29) is 5.97 Å². The minimum absolute atomic E-state index is 0.277. The highest BCUT2D eigenvalue weighted by molar-refractivity contribution is 5.66. The summed E-state index contributed by atoms with van der Waals surface area (Å²) >= 11 is 0. The van der Waals surface area contributed by atoms with E-state index in [1.807, 2.05) is 6.92 Å². The van der Waals surface area contributed by atoms with Gasteiger partial charge in [-0.05, 0) is 49.5 Å². The van der Waals surface area contributed by atoms with E-state index in [1.54, 1.807) is 0 Å². The van der Waals surface area contributed by atoms with Crippen LogP contribution in [0.25, 0.3) is 0 Å². The van der Waals surface area contributed by atoms with E-state index in [2.05, 4.69) is 32.0 Å². The Hall–Kier alpha value is -1.57. The summed E-state index contributed by atoms with van der Waals surface area (Å²) in [5, 5.41) is 0. The Morgan fingerprint density at radius 3 is 2.62 bits per heavy atom. The summed E-state index contributed by atoms with van der Waals surface area (Å²) in [6, 6.07) is 6.26. The third kappa shape index (κ3) is 3.54. The van der Waals surface area contributed by atoms with Gasteiger partial charge in [0.1, 0.15) is 0 Å². The van der Waals surface area contributed by atoms with Crippen molar-refractivity contribution in [1.82, 2.24) is 0 Å². The number of allylic oxidation sites excluding steroid dienone is 1. The van der Waals surface area contributed by atoms with Crippen LogP contribution in [0.2, 0.25) is 0 Å². The monoisotopic (exact) mass is 218 g/mol. The van der Waals surface area contributed by atoms with E-state index in [1.165, 1.54) is 29.9 Å². The Kier molecular flexibility index (Phi) is 4.29. The zero-order valence-electron chi connectivity index (χ0n) is 10.3. The number of esters is 1. The lowest BCUT2D eigenvalue weighted by Crippen LogP contribution is -1.96. The van der Waals surface area contributed by atoms with Crippen molar-refractivity contribution in [2.75, 3.05) is 0 Å². The van der Waals surface area contributed by atoms with Crippen molar-refractivity contribution < 1.29 is 9.53 Å². The number of carbonyl (C=O) groups is 1. The van der Waals surface area contributed by atoms with Gasteiger partial charge in [0.15, 0.2) is 0 Å². The predicted molar refractivity (Wildman–Crippen MR) is 65.1 cm³/mol. The molecule has 86 valence electrons. The molecule has 0 aliphatic carbocycles. The molecule has 0 radical (unpaired) electrons. The lowest BCUT2D eigenvalue weighted by molar-refractivity contribution is -0.135. The highest BCUT2D eigenvalue weighted by atomic mass is 16.5. The zero-order chi connectivity index (χ0) is 12.1. The molecule has 0 fully saturated rings. The summed E-state index contributed by atoms with van der Waals surface area (Å²) in [6.45, 7) is 7.58. The topological polar surface area (TPSA) is 26.3 Å². The fourth-order valence-corrected chi connectivity index (χ4v) is 1.53. The maximum absolute atomic E-state index is 10.7. The number of hydrogen-bond acceptors (Lipinski definition) is 2. The molecule has 0 amide bonds. The molecule has 0 saturated heterocycles. The third-order valence-corrected chi connectivity index (χ3v) is 2.61. The normalized spacial score (nSPS) is 11.4. The van der Waals surface area contributed by atoms with Crippen LogP contribution in [0.5, 0.6) is 0 Å². The largest absolute Gasteiger partial charge is 0.435 e. The first kappa shape index (κ1) is 12.5. The molecule has 2 heteroatoms. The minimum atomic E-state index is -0.277. The molecule has 0 spiro atoms. The van der Waals surface area contributed by atoms with Crippen molar-refractivity contribution in [2.45, 2.75) is 34.1 Å². The number of rotatable bonds is 3. The minimum Gasteiger partial charge on any atom is -0.435 e. The van der Waals surface area contributed by atoms with Crippen molar-refractivity contribution >= 4 is 5.97 Å². The van der Waals surface area contributed by atoms with Crippen LogP contribution in [0, 0.1) is 13.8 Å². The van der Waals surface area contributed by atoms with Gasteiger partial charge in [-0.1, -0.05) is 18.2 Å². The van der Waals surface area contributed by atoms with Gasteiger partial charge in [0.25, 0.3) is 0 Å². The van der Waals surface area contributed by atoms with Crippen molar-refractivity contribution in [3.05, 3.63) is 46.7 Å². The molecule has 0 aliphatic heterocycles. The second-order valence-corrected chi connectivity index (χ2v) is 4.11. The van der Waals surface area contributed by atoms with Crippen molar-refractivity contribution in [2.24, 2.45) is 0 Å². The average molecular weight is 218 g/mol. The molecule has 2 nitrogen and oxygen atoms in total. The van der Waals surface area contributed by atoms with Gasteiger partial charge in [-0.3, -0.25) is 4.79 Å². The van der Waals surface area contributed by atoms with Crippen LogP contribution in [-0.2, 0) is 16.0 Å². The molecule has 16 heavy (non-hydrogen) atoms. The number of benzene rings is 1. The fourth-order valence-electron chi connectivity index (χ4n) is 1.53. The van der Waals surface area contributed by atoms with Crippen LogP contribution in [0.4, 0.5) is 0 Å². The molecule has 1 aromatic carbocycles. The van der Waals surface area contributed by atoms with E-state index < -0.39 is 0 Å². The van der Waals surface area contributed by atoms with Gasteiger partial charge >= 0.3 is 5.97 Å². The first-order valence-corrected chi connectivity index (χ1v) is 5.38. The van der Waals surface area contributed by atoms with Gasteiger partial charge in [-0.15, -0.1) is 0 Å². The zero-order valence-corrected chi connectivity index (χ0v) is 10.3. The molecule has 0 saturated carbocycles. The Morgan fingerprint density at radius 1 is 1.31 bits per heavy atom. The maximum Gasteiger partial charge on any atom is 0.307 e. The molecule has 1 rings (SSSR count). The van der Waals surface area contributed by atoms with Gasteiger partial charge in [0.05, 0.1) is 6.26 Å². The average Bonchev–Trinajstić information content (AvgIpc) is 2.22. The summed E-state index contributed by atoms with van der Waals surface area (Å²) in [5.41, 5.74) is 4.92. The Bertz CT molecular complexity index is 417. The van der Waals surface area contributed by atoms with Crippen LogP contribution < -0.4 is 0 Å². The first-order chi connectivity index (χ1) is 7.50. The van der Waals surface area contributed by atoms with Crippen molar-refractivity contribution in [1.29, 1.82) is 0 Å². The quantitative estimate of drug-likeness (QED) is 0.574. The SMILES string of the molecule is CC(=O)O/C=C(\C)Cc1cccc(C)c1C. The Balaban J connectivity index is 2.77. The molecule has 1 aromatic rings. The van der Waals surface area contributed by atoms with Gasteiger partial charge in [-0.2, -0.15) is 0 Å². The molecule has 0 atom stereocenters. The van der Waals surface area contributed by atoms with Crippen molar-refractivity contribution in [3.8, 4) is 0 Å². The number of ether oxygens (including phenoxy) is 1. The molecule has 0 bridgehead atoms. The second-order valence-electron chi connectivity index (χ2n) is 4.11. The molecule has 0 aliphatic rings. The van der Waals surface area contributed by atoms with E-state index in [0.717, 1.165) is 12.0 Å². The van der Waals surface area contributed by atoms with Crippen LogP contribution in [0.1, 0.15) is 30.5 Å². The molecule has 0 heterocycles. The predicted octanol–water partition coefficient (Wildman–Crippen LogP) is 3.31. The van der Waals surface area contributed by atoms with Gasteiger partial charge in [0.2, 0.25) is 0 Å². The van der Waals surface area contributed by atoms with E-state index >= 15 is 0 Å². The lowest BCUT2D eigenvalue weighted by Gasteiger charge is -2.08. The van der Waals surface area contributed by atoms with E-state index in [4.69, 9.17) is 4.74 Å². The molecular weight excluding hydrogens is 200 g/mol. The summed E-state index contributed by atoms with van der Waals surface area (Å²) < 4.78 is 4.85. The number of hydrogen-bond donors (Lipinski definition) is 0. The highest BCUT2D eigenvalue weighted by Gasteiger charge is 2.02. The number of aryl methyl sites for hydroxylation is 1. The number of carbonyl (C=O) groups excluding carboxylic acids is 1. The first-order valence-electron chi connectivity index (χ1n) is 5.38. The summed E-state index contributed by atoms with van der Waals surface area (Å²) in [7, 11) is 0. The standard InChI is InChI=1S/C14H18O2/c1-10(9-16-13(4)15)8-14-7-5-6-11(2)12(14)3/h5-7,9H,8H2,1-4H3/b10-9+. The van der Waals surface area contributed by atoms with Crippen molar-refractivity contribution in [3.63, 3.8) is 0 Å². The molecule has 0 aromatic heterocycles. The smallest absolute Gasteiger partial charge is 0.307 e. The highest BCUT2D eigenvalue weighted by Crippen LogP contribution is 2.16. The van der Waals surface area contributed by atoms with Crippen LogP contribution in [-0.4, -0.2) is 5.97 Å². The lowest BCUT2D eigenvalue weighted by atomic mass is 9.98. The molecule has 0 N–H and O–H groups in total.